The molecular weight excluding hydrogens is 312 g/mol. The Morgan fingerprint density at radius 1 is 1.25 bits per heavy atom. The smallest absolute Gasteiger partial charge is 0.328 e. The van der Waals surface area contributed by atoms with Gasteiger partial charge in [0, 0.05) is 32.4 Å². The van der Waals surface area contributed by atoms with Crippen molar-refractivity contribution in [2.45, 2.75) is 31.9 Å². The van der Waals surface area contributed by atoms with Crippen LogP contribution in [0.15, 0.2) is 15.8 Å². The summed E-state index contributed by atoms with van der Waals surface area (Å²) in [5.74, 6) is -0.312. The van der Waals surface area contributed by atoms with Crippen molar-refractivity contribution in [1.82, 2.24) is 19.4 Å². The molecule has 1 amide bonds. The van der Waals surface area contributed by atoms with E-state index in [0.29, 0.717) is 19.7 Å². The van der Waals surface area contributed by atoms with Crippen LogP contribution in [0.2, 0.25) is 0 Å². The van der Waals surface area contributed by atoms with Gasteiger partial charge in [-0.2, -0.15) is 0 Å². The molecule has 0 aromatic carbocycles. The predicted octanol–water partition coefficient (Wildman–Crippen LogP) is -0.507. The lowest BCUT2D eigenvalue weighted by Gasteiger charge is -2.20. The Morgan fingerprint density at radius 3 is 2.83 bits per heavy atom. The van der Waals surface area contributed by atoms with E-state index >= 15 is 0 Å². The predicted molar refractivity (Wildman–Crippen MR) is 88.3 cm³/mol. The van der Waals surface area contributed by atoms with Crippen LogP contribution in [0.1, 0.15) is 29.6 Å². The molecule has 3 rings (SSSR count). The fourth-order valence-corrected chi connectivity index (χ4v) is 3.24. The quantitative estimate of drug-likeness (QED) is 0.803. The largest absolute Gasteiger partial charge is 0.376 e. The molecule has 0 aliphatic carbocycles. The first-order valence-corrected chi connectivity index (χ1v) is 8.48. The molecule has 0 saturated carbocycles. The molecule has 24 heavy (non-hydrogen) atoms. The molecule has 1 atom stereocenters. The van der Waals surface area contributed by atoms with Gasteiger partial charge in [-0.3, -0.25) is 14.2 Å². The zero-order valence-electron chi connectivity index (χ0n) is 14.0. The molecule has 132 valence electrons. The summed E-state index contributed by atoms with van der Waals surface area (Å²) in [7, 11) is 2.02. The Hall–Kier alpha value is -1.93. The number of carbonyl (C=O) groups excluding carboxylic acids is 1. The normalized spacial score (nSPS) is 22.5. The average molecular weight is 336 g/mol. The SMILES string of the molecule is CN1CCCN(C(=O)c2c[nH]c(=O)n(CC3CCCO3)c2=O)CC1. The van der Waals surface area contributed by atoms with Gasteiger partial charge in [-0.1, -0.05) is 0 Å². The van der Waals surface area contributed by atoms with Gasteiger partial charge in [0.1, 0.15) is 5.56 Å². The number of hydrogen-bond acceptors (Lipinski definition) is 5. The van der Waals surface area contributed by atoms with Crippen molar-refractivity contribution < 1.29 is 9.53 Å². The van der Waals surface area contributed by atoms with E-state index in [9.17, 15) is 14.4 Å². The van der Waals surface area contributed by atoms with E-state index in [1.807, 2.05) is 7.05 Å². The van der Waals surface area contributed by atoms with Crippen molar-refractivity contribution in [1.29, 1.82) is 0 Å². The van der Waals surface area contributed by atoms with Crippen LogP contribution in [0.4, 0.5) is 0 Å². The van der Waals surface area contributed by atoms with Crippen LogP contribution in [0.3, 0.4) is 0 Å². The third kappa shape index (κ3) is 3.59. The maximum atomic E-state index is 12.7. The zero-order valence-corrected chi connectivity index (χ0v) is 14.0. The third-order valence-corrected chi connectivity index (χ3v) is 4.71. The maximum Gasteiger partial charge on any atom is 0.328 e. The number of H-pyrrole nitrogens is 1. The Bertz CT molecular complexity index is 705. The number of hydrogen-bond donors (Lipinski definition) is 1. The van der Waals surface area contributed by atoms with Crippen LogP contribution in [0.25, 0.3) is 0 Å². The van der Waals surface area contributed by atoms with E-state index in [1.165, 1.54) is 6.20 Å². The summed E-state index contributed by atoms with van der Waals surface area (Å²) < 4.78 is 6.59. The Kier molecular flexibility index (Phi) is 5.15. The summed E-state index contributed by atoms with van der Waals surface area (Å²) >= 11 is 0. The fraction of sp³-hybridized carbons (Fsp3) is 0.688. The van der Waals surface area contributed by atoms with Crippen LogP contribution >= 0.6 is 0 Å². The molecule has 2 aliphatic heterocycles. The molecule has 1 unspecified atom stereocenters. The van der Waals surface area contributed by atoms with Gasteiger partial charge in [-0.15, -0.1) is 0 Å². The molecule has 1 aromatic rings. The van der Waals surface area contributed by atoms with Crippen molar-refractivity contribution in [3.63, 3.8) is 0 Å². The highest BCUT2D eigenvalue weighted by Gasteiger charge is 2.24. The number of ether oxygens (including phenoxy) is 1. The topological polar surface area (TPSA) is 87.6 Å². The first-order chi connectivity index (χ1) is 11.6. The molecule has 0 radical (unpaired) electrons. The van der Waals surface area contributed by atoms with Crippen molar-refractivity contribution in [3.05, 3.63) is 32.6 Å². The Morgan fingerprint density at radius 2 is 2.08 bits per heavy atom. The molecule has 1 N–H and O–H groups in total. The molecule has 2 saturated heterocycles. The standard InChI is InChI=1S/C16H24N4O4/c1-18-5-3-6-19(8-7-18)14(21)13-10-17-16(23)20(15(13)22)11-12-4-2-9-24-12/h10,12H,2-9,11H2,1H3,(H,17,23). The molecule has 0 spiro atoms. The first-order valence-electron chi connectivity index (χ1n) is 8.48. The molecule has 8 heteroatoms. The van der Waals surface area contributed by atoms with E-state index in [1.54, 1.807) is 4.90 Å². The van der Waals surface area contributed by atoms with Crippen LogP contribution in [0.5, 0.6) is 0 Å². The summed E-state index contributed by atoms with van der Waals surface area (Å²) in [6.45, 7) is 3.75. The molecule has 2 fully saturated rings. The third-order valence-electron chi connectivity index (χ3n) is 4.71. The van der Waals surface area contributed by atoms with Gasteiger partial charge in [-0.05, 0) is 32.9 Å². The number of carbonyl (C=O) groups is 1. The summed E-state index contributed by atoms with van der Waals surface area (Å²) in [6, 6.07) is 0. The number of likely N-dealkylation sites (N-methyl/N-ethyl adjacent to an activating group) is 1. The summed E-state index contributed by atoms with van der Waals surface area (Å²) in [4.78, 5) is 43.7. The summed E-state index contributed by atoms with van der Waals surface area (Å²) in [6.07, 6.45) is 3.73. The number of nitrogens with one attached hydrogen (secondary N) is 1. The van der Waals surface area contributed by atoms with E-state index in [0.717, 1.165) is 36.9 Å². The van der Waals surface area contributed by atoms with Gasteiger partial charge in [-0.25, -0.2) is 4.79 Å². The fourth-order valence-electron chi connectivity index (χ4n) is 3.24. The van der Waals surface area contributed by atoms with Crippen molar-refractivity contribution in [3.8, 4) is 0 Å². The second kappa shape index (κ2) is 7.31. The summed E-state index contributed by atoms with van der Waals surface area (Å²) in [5, 5.41) is 0. The van der Waals surface area contributed by atoms with Gasteiger partial charge in [0.2, 0.25) is 0 Å². The highest BCUT2D eigenvalue weighted by molar-refractivity contribution is 5.93. The highest BCUT2D eigenvalue weighted by Crippen LogP contribution is 2.12. The van der Waals surface area contributed by atoms with Gasteiger partial charge in [0.15, 0.2) is 0 Å². The number of aromatic amines is 1. The van der Waals surface area contributed by atoms with Gasteiger partial charge >= 0.3 is 5.69 Å². The van der Waals surface area contributed by atoms with Gasteiger partial charge in [0.25, 0.3) is 11.5 Å². The minimum absolute atomic E-state index is 0.0251. The minimum atomic E-state index is -0.531. The van der Waals surface area contributed by atoms with Gasteiger partial charge in [0.05, 0.1) is 12.6 Å². The van der Waals surface area contributed by atoms with Crippen molar-refractivity contribution in [2.75, 3.05) is 39.8 Å². The van der Waals surface area contributed by atoms with Crippen LogP contribution < -0.4 is 11.2 Å². The molecular formula is C16H24N4O4. The van der Waals surface area contributed by atoms with Gasteiger partial charge < -0.3 is 19.5 Å². The number of aromatic nitrogens is 2. The lowest BCUT2D eigenvalue weighted by Crippen LogP contribution is -2.44. The molecule has 0 bridgehead atoms. The first kappa shape index (κ1) is 16.9. The Labute approximate surface area is 140 Å². The second-order valence-corrected chi connectivity index (χ2v) is 6.51. The van der Waals surface area contributed by atoms with Crippen LogP contribution in [-0.2, 0) is 11.3 Å². The van der Waals surface area contributed by atoms with Crippen LogP contribution in [0, 0.1) is 0 Å². The van der Waals surface area contributed by atoms with Crippen molar-refractivity contribution in [2.24, 2.45) is 0 Å². The van der Waals surface area contributed by atoms with Crippen LogP contribution in [-0.4, -0.2) is 71.2 Å². The summed E-state index contributed by atoms with van der Waals surface area (Å²) in [5.41, 5.74) is -1.00. The lowest BCUT2D eigenvalue weighted by molar-refractivity contribution is 0.0755. The number of nitrogens with zero attached hydrogens (tertiary/aromatic N) is 3. The lowest BCUT2D eigenvalue weighted by atomic mass is 10.2. The molecule has 3 heterocycles. The average Bonchev–Trinajstić information content (AvgIpc) is 2.98. The number of rotatable bonds is 3. The van der Waals surface area contributed by atoms with Crippen molar-refractivity contribution >= 4 is 5.91 Å². The molecule has 1 aromatic heterocycles. The minimum Gasteiger partial charge on any atom is -0.376 e. The monoisotopic (exact) mass is 336 g/mol. The maximum absolute atomic E-state index is 12.7. The van der Waals surface area contributed by atoms with E-state index in [4.69, 9.17) is 4.74 Å². The number of amides is 1. The molecule has 2 aliphatic rings. The second-order valence-electron chi connectivity index (χ2n) is 6.51. The van der Waals surface area contributed by atoms with E-state index < -0.39 is 11.2 Å². The highest BCUT2D eigenvalue weighted by atomic mass is 16.5. The zero-order chi connectivity index (χ0) is 17.1. The Balaban J connectivity index is 1.83. The van der Waals surface area contributed by atoms with E-state index in [-0.39, 0.29) is 24.1 Å². The van der Waals surface area contributed by atoms with E-state index in [2.05, 4.69) is 9.88 Å². The molecule has 8 nitrogen and oxygen atoms in total.